The quantitative estimate of drug-likeness (QED) is 0.430. The molecule has 0 saturated carbocycles. The average molecular weight is 374 g/mol. The molecule has 0 bridgehead atoms. The van der Waals surface area contributed by atoms with Gasteiger partial charge in [-0.1, -0.05) is 35.3 Å². The maximum Gasteiger partial charge on any atom is 0.0591 e. The predicted octanol–water partition coefficient (Wildman–Crippen LogP) is 7.13. The summed E-state index contributed by atoms with van der Waals surface area (Å²) in [5.74, 6) is 0. The van der Waals surface area contributed by atoms with E-state index in [0.717, 1.165) is 35.7 Å². The molecule has 0 fully saturated rings. The first-order valence-electron chi connectivity index (χ1n) is 7.39. The standard InChI is InChI=1S/2C9H8Cl2/c2*10-7-2-3-8-6(5-7)1-4-9(8)11/h2*2-3,5,9H,1,4H2/t2*9-/m10/s1. The summed E-state index contributed by atoms with van der Waals surface area (Å²) < 4.78 is 0. The fourth-order valence-corrected chi connectivity index (χ4v) is 4.10. The molecule has 0 heterocycles. The Labute approximate surface area is 151 Å². The van der Waals surface area contributed by atoms with Crippen molar-refractivity contribution >= 4 is 46.4 Å². The van der Waals surface area contributed by atoms with Crippen LogP contribution >= 0.6 is 46.4 Å². The van der Waals surface area contributed by atoms with Crippen molar-refractivity contribution in [3.8, 4) is 0 Å². The fourth-order valence-electron chi connectivity index (χ4n) is 3.07. The van der Waals surface area contributed by atoms with E-state index in [1.165, 1.54) is 22.3 Å². The molecule has 0 unspecified atom stereocenters. The van der Waals surface area contributed by atoms with Crippen LogP contribution in [-0.4, -0.2) is 0 Å². The molecule has 2 atom stereocenters. The summed E-state index contributed by atoms with van der Waals surface area (Å²) in [6.07, 6.45) is 4.25. The zero-order valence-electron chi connectivity index (χ0n) is 12.0. The van der Waals surface area contributed by atoms with Gasteiger partial charge in [0.15, 0.2) is 0 Å². The summed E-state index contributed by atoms with van der Waals surface area (Å²) in [4.78, 5) is 0. The van der Waals surface area contributed by atoms with Crippen LogP contribution in [0.1, 0.15) is 45.8 Å². The van der Waals surface area contributed by atoms with E-state index < -0.39 is 0 Å². The number of rotatable bonds is 0. The van der Waals surface area contributed by atoms with Crippen LogP contribution in [0.2, 0.25) is 10.0 Å². The zero-order chi connectivity index (χ0) is 15.7. The highest BCUT2D eigenvalue weighted by Gasteiger charge is 2.20. The van der Waals surface area contributed by atoms with Crippen molar-refractivity contribution in [1.29, 1.82) is 0 Å². The van der Waals surface area contributed by atoms with E-state index in [-0.39, 0.29) is 10.8 Å². The van der Waals surface area contributed by atoms with Crippen molar-refractivity contribution in [1.82, 2.24) is 0 Å². The Bertz CT molecular complexity index is 621. The number of benzene rings is 2. The molecular weight excluding hydrogens is 358 g/mol. The lowest BCUT2D eigenvalue weighted by Crippen LogP contribution is -1.82. The lowest BCUT2D eigenvalue weighted by Gasteiger charge is -2.01. The summed E-state index contributed by atoms with van der Waals surface area (Å²) >= 11 is 23.8. The van der Waals surface area contributed by atoms with E-state index in [4.69, 9.17) is 46.4 Å². The molecule has 0 aliphatic heterocycles. The summed E-state index contributed by atoms with van der Waals surface area (Å²) in [6, 6.07) is 11.9. The van der Waals surface area contributed by atoms with Gasteiger partial charge < -0.3 is 0 Å². The van der Waals surface area contributed by atoms with Crippen LogP contribution in [0.15, 0.2) is 36.4 Å². The first-order valence-corrected chi connectivity index (χ1v) is 9.02. The topological polar surface area (TPSA) is 0 Å². The molecule has 2 aromatic carbocycles. The number of hydrogen-bond acceptors (Lipinski definition) is 0. The van der Waals surface area contributed by atoms with Gasteiger partial charge in [-0.15, -0.1) is 23.2 Å². The molecule has 0 amide bonds. The highest BCUT2D eigenvalue weighted by molar-refractivity contribution is 6.31. The van der Waals surface area contributed by atoms with Crippen molar-refractivity contribution in [2.45, 2.75) is 36.4 Å². The Balaban J connectivity index is 0.000000131. The molecule has 0 N–H and O–H groups in total. The summed E-state index contributed by atoms with van der Waals surface area (Å²) in [5, 5.41) is 2.05. The van der Waals surface area contributed by atoms with Crippen molar-refractivity contribution in [2.75, 3.05) is 0 Å². The minimum absolute atomic E-state index is 0.210. The van der Waals surface area contributed by atoms with Gasteiger partial charge in [0.25, 0.3) is 0 Å². The van der Waals surface area contributed by atoms with Crippen LogP contribution in [0, 0.1) is 0 Å². The third-order valence-electron chi connectivity index (χ3n) is 4.22. The molecule has 0 saturated heterocycles. The number of fused-ring (bicyclic) bond motifs is 2. The van der Waals surface area contributed by atoms with E-state index in [1.54, 1.807) is 0 Å². The number of halogens is 4. The molecule has 4 rings (SSSR count). The van der Waals surface area contributed by atoms with E-state index >= 15 is 0 Å². The number of alkyl halides is 2. The van der Waals surface area contributed by atoms with E-state index in [9.17, 15) is 0 Å². The second kappa shape index (κ2) is 7.01. The molecule has 2 aromatic rings. The van der Waals surface area contributed by atoms with Crippen LogP contribution in [0.5, 0.6) is 0 Å². The van der Waals surface area contributed by atoms with Crippen LogP contribution in [0.4, 0.5) is 0 Å². The number of aryl methyl sites for hydroxylation is 2. The molecule has 0 aromatic heterocycles. The van der Waals surface area contributed by atoms with Crippen LogP contribution < -0.4 is 0 Å². The van der Waals surface area contributed by atoms with Gasteiger partial charge in [0, 0.05) is 10.0 Å². The maximum atomic E-state index is 6.05. The Hall–Kier alpha value is -0.400. The Morgan fingerprint density at radius 1 is 0.682 bits per heavy atom. The average Bonchev–Trinajstić information content (AvgIpc) is 3.03. The van der Waals surface area contributed by atoms with E-state index in [1.807, 2.05) is 36.4 Å². The van der Waals surface area contributed by atoms with Gasteiger partial charge in [-0.3, -0.25) is 0 Å². The van der Waals surface area contributed by atoms with Gasteiger partial charge in [-0.2, -0.15) is 0 Å². The van der Waals surface area contributed by atoms with Gasteiger partial charge in [0.1, 0.15) is 0 Å². The van der Waals surface area contributed by atoms with Gasteiger partial charge in [0.05, 0.1) is 10.8 Å². The van der Waals surface area contributed by atoms with Crippen LogP contribution in [-0.2, 0) is 12.8 Å². The van der Waals surface area contributed by atoms with Gasteiger partial charge >= 0.3 is 0 Å². The first-order chi connectivity index (χ1) is 10.5. The molecular formula is C18H16Cl4. The van der Waals surface area contributed by atoms with Crippen molar-refractivity contribution < 1.29 is 0 Å². The van der Waals surface area contributed by atoms with Crippen molar-refractivity contribution in [3.63, 3.8) is 0 Å². The van der Waals surface area contributed by atoms with Crippen LogP contribution in [0.25, 0.3) is 0 Å². The van der Waals surface area contributed by atoms with Crippen molar-refractivity contribution in [2.24, 2.45) is 0 Å². The van der Waals surface area contributed by atoms with Gasteiger partial charge in [-0.05, 0) is 72.2 Å². The highest BCUT2D eigenvalue weighted by Crippen LogP contribution is 2.37. The van der Waals surface area contributed by atoms with E-state index in [2.05, 4.69) is 0 Å². The molecule has 116 valence electrons. The minimum Gasteiger partial charge on any atom is -0.118 e. The Morgan fingerprint density at radius 2 is 1.09 bits per heavy atom. The fraction of sp³-hybridized carbons (Fsp3) is 0.333. The largest absolute Gasteiger partial charge is 0.118 e. The lowest BCUT2D eigenvalue weighted by atomic mass is 10.1. The molecule has 2 aliphatic rings. The molecule has 22 heavy (non-hydrogen) atoms. The lowest BCUT2D eigenvalue weighted by molar-refractivity contribution is 0.882. The molecule has 4 heteroatoms. The molecule has 2 aliphatic carbocycles. The molecule has 0 nitrogen and oxygen atoms in total. The van der Waals surface area contributed by atoms with E-state index in [0.29, 0.717) is 0 Å². The monoisotopic (exact) mass is 372 g/mol. The van der Waals surface area contributed by atoms with Gasteiger partial charge in [0.2, 0.25) is 0 Å². The second-order valence-electron chi connectivity index (χ2n) is 5.70. The third kappa shape index (κ3) is 3.57. The normalized spacial score (nSPS) is 21.8. The van der Waals surface area contributed by atoms with Crippen LogP contribution in [0.3, 0.4) is 0 Å². The Morgan fingerprint density at radius 3 is 1.50 bits per heavy atom. The highest BCUT2D eigenvalue weighted by atomic mass is 35.5. The van der Waals surface area contributed by atoms with Gasteiger partial charge in [-0.25, -0.2) is 0 Å². The van der Waals surface area contributed by atoms with Crippen molar-refractivity contribution in [3.05, 3.63) is 68.7 Å². The summed E-state index contributed by atoms with van der Waals surface area (Å²) in [7, 11) is 0. The Kier molecular flexibility index (Phi) is 5.24. The minimum atomic E-state index is 0.210. The SMILES string of the molecule is Clc1ccc2c(c1)CC[C@@H]2Cl.Clc1ccc2c(c1)CC[C@H]2Cl. The first kappa shape index (κ1) is 16.5. The predicted molar refractivity (Wildman–Crippen MR) is 96.7 cm³/mol. The smallest absolute Gasteiger partial charge is 0.0591 e. The third-order valence-corrected chi connectivity index (χ3v) is 5.60. The zero-order valence-corrected chi connectivity index (χ0v) is 15.0. The summed E-state index contributed by atoms with van der Waals surface area (Å²) in [5.41, 5.74) is 5.15. The molecule has 0 radical (unpaired) electrons. The molecule has 0 spiro atoms. The maximum absolute atomic E-state index is 6.05. The summed E-state index contributed by atoms with van der Waals surface area (Å²) in [6.45, 7) is 0. The second-order valence-corrected chi connectivity index (χ2v) is 7.63. The number of hydrogen-bond donors (Lipinski definition) is 0.